The Hall–Kier alpha value is -0.650. The Morgan fingerprint density at radius 2 is 2.00 bits per heavy atom. The zero-order chi connectivity index (χ0) is 11.5. The van der Waals surface area contributed by atoms with Gasteiger partial charge in [-0.3, -0.25) is 0 Å². The van der Waals surface area contributed by atoms with Crippen molar-refractivity contribution in [3.8, 4) is 0 Å². The molecule has 0 aromatic carbocycles. The largest absolute Gasteiger partial charge is 0.391 e. The number of thiazole rings is 1. The van der Waals surface area contributed by atoms with Gasteiger partial charge in [-0.25, -0.2) is 4.98 Å². The number of aliphatic hydroxyl groups is 1. The van der Waals surface area contributed by atoms with Crippen LogP contribution in [-0.4, -0.2) is 48.2 Å². The molecule has 2 rings (SSSR count). The number of aromatic nitrogens is 1. The van der Waals surface area contributed by atoms with Crippen LogP contribution in [-0.2, 0) is 13.0 Å². The van der Waals surface area contributed by atoms with Crippen molar-refractivity contribution >= 4 is 16.5 Å². The number of anilines is 1. The Balaban J connectivity index is 2.11. The molecule has 1 aliphatic heterocycles. The van der Waals surface area contributed by atoms with Crippen LogP contribution in [0.4, 0.5) is 5.13 Å². The third kappa shape index (κ3) is 2.36. The van der Waals surface area contributed by atoms with E-state index in [0.717, 1.165) is 48.3 Å². The maximum absolute atomic E-state index is 9.25. The van der Waals surface area contributed by atoms with Crippen molar-refractivity contribution in [1.82, 2.24) is 9.88 Å². The van der Waals surface area contributed by atoms with E-state index in [1.807, 2.05) is 0 Å². The number of hydrogen-bond acceptors (Lipinski definition) is 5. The van der Waals surface area contributed by atoms with E-state index in [9.17, 15) is 5.11 Å². The topological polar surface area (TPSA) is 39.6 Å². The molecule has 1 aromatic heterocycles. The van der Waals surface area contributed by atoms with Crippen molar-refractivity contribution in [1.29, 1.82) is 0 Å². The van der Waals surface area contributed by atoms with Gasteiger partial charge >= 0.3 is 0 Å². The highest BCUT2D eigenvalue weighted by atomic mass is 32.1. The van der Waals surface area contributed by atoms with Gasteiger partial charge in [0.15, 0.2) is 5.13 Å². The van der Waals surface area contributed by atoms with Gasteiger partial charge in [0.25, 0.3) is 0 Å². The summed E-state index contributed by atoms with van der Waals surface area (Å²) in [6.07, 6.45) is 0.903. The molecule has 1 N–H and O–H groups in total. The highest BCUT2D eigenvalue weighted by molar-refractivity contribution is 7.15. The van der Waals surface area contributed by atoms with E-state index in [0.29, 0.717) is 0 Å². The lowest BCUT2D eigenvalue weighted by Gasteiger charge is -2.32. The summed E-state index contributed by atoms with van der Waals surface area (Å²) >= 11 is 1.64. The van der Waals surface area contributed by atoms with Gasteiger partial charge in [0.2, 0.25) is 0 Å². The van der Waals surface area contributed by atoms with Crippen LogP contribution in [0.2, 0.25) is 0 Å². The molecule has 1 aliphatic rings. The molecule has 0 saturated carbocycles. The third-order valence-corrected chi connectivity index (χ3v) is 4.16. The molecule has 0 spiro atoms. The molecule has 0 aliphatic carbocycles. The zero-order valence-electron chi connectivity index (χ0n) is 9.94. The predicted octanol–water partition coefficient (Wildman–Crippen LogP) is 0.950. The van der Waals surface area contributed by atoms with Crippen LogP contribution in [0, 0.1) is 0 Å². The second kappa shape index (κ2) is 5.12. The first-order valence-electron chi connectivity index (χ1n) is 5.77. The predicted molar refractivity (Wildman–Crippen MR) is 67.1 cm³/mol. The van der Waals surface area contributed by atoms with Crippen LogP contribution >= 0.6 is 11.3 Å². The summed E-state index contributed by atoms with van der Waals surface area (Å²) in [6, 6.07) is 0. The molecule has 90 valence electrons. The van der Waals surface area contributed by atoms with Crippen molar-refractivity contribution in [2.45, 2.75) is 20.0 Å². The number of likely N-dealkylation sites (N-methyl/N-ethyl adjacent to an activating group) is 1. The first-order valence-corrected chi connectivity index (χ1v) is 6.59. The smallest absolute Gasteiger partial charge is 0.185 e. The summed E-state index contributed by atoms with van der Waals surface area (Å²) in [6.45, 7) is 6.47. The molecule has 1 saturated heterocycles. The van der Waals surface area contributed by atoms with E-state index in [1.165, 1.54) is 0 Å². The summed E-state index contributed by atoms with van der Waals surface area (Å²) < 4.78 is 0. The molecule has 1 aromatic rings. The van der Waals surface area contributed by atoms with E-state index >= 15 is 0 Å². The summed E-state index contributed by atoms with van der Waals surface area (Å²) in [4.78, 5) is 10.3. The van der Waals surface area contributed by atoms with Crippen molar-refractivity contribution in [3.63, 3.8) is 0 Å². The standard InChI is InChI=1S/C11H19N3OS/c1-3-9-10(8-15)16-11(12-9)14-6-4-13(2)5-7-14/h15H,3-8H2,1-2H3. The minimum atomic E-state index is 0.120. The van der Waals surface area contributed by atoms with E-state index in [-0.39, 0.29) is 6.61 Å². The van der Waals surface area contributed by atoms with E-state index in [1.54, 1.807) is 11.3 Å². The van der Waals surface area contributed by atoms with E-state index in [2.05, 4.69) is 28.8 Å². The van der Waals surface area contributed by atoms with E-state index < -0.39 is 0 Å². The first kappa shape index (κ1) is 11.8. The fraction of sp³-hybridized carbons (Fsp3) is 0.727. The van der Waals surface area contributed by atoms with Gasteiger partial charge in [-0.15, -0.1) is 0 Å². The van der Waals surface area contributed by atoms with Crippen LogP contribution in [0.5, 0.6) is 0 Å². The molecule has 16 heavy (non-hydrogen) atoms. The highest BCUT2D eigenvalue weighted by Crippen LogP contribution is 2.27. The Bertz CT molecular complexity index is 323. The quantitative estimate of drug-likeness (QED) is 0.855. The van der Waals surface area contributed by atoms with Crippen LogP contribution in [0.15, 0.2) is 0 Å². The summed E-state index contributed by atoms with van der Waals surface area (Å²) in [7, 11) is 2.15. The molecule has 0 amide bonds. The fourth-order valence-electron chi connectivity index (χ4n) is 1.90. The van der Waals surface area contributed by atoms with Crippen molar-refractivity contribution < 1.29 is 5.11 Å². The molecule has 0 unspecified atom stereocenters. The minimum absolute atomic E-state index is 0.120. The molecule has 0 radical (unpaired) electrons. The summed E-state index contributed by atoms with van der Waals surface area (Å²) in [5, 5.41) is 10.3. The Morgan fingerprint density at radius 3 is 2.50 bits per heavy atom. The SMILES string of the molecule is CCc1nc(N2CCN(C)CC2)sc1CO. The molecule has 2 heterocycles. The van der Waals surface area contributed by atoms with Gasteiger partial charge in [-0.05, 0) is 13.5 Å². The zero-order valence-corrected chi connectivity index (χ0v) is 10.8. The Morgan fingerprint density at radius 1 is 1.31 bits per heavy atom. The summed E-state index contributed by atoms with van der Waals surface area (Å²) in [5.74, 6) is 0. The lowest BCUT2D eigenvalue weighted by Crippen LogP contribution is -2.44. The average Bonchev–Trinajstić information content (AvgIpc) is 2.73. The van der Waals surface area contributed by atoms with Crippen molar-refractivity contribution in [2.75, 3.05) is 38.1 Å². The second-order valence-electron chi connectivity index (χ2n) is 4.17. The molecule has 0 atom stereocenters. The van der Waals surface area contributed by atoms with Gasteiger partial charge < -0.3 is 14.9 Å². The monoisotopic (exact) mass is 241 g/mol. The van der Waals surface area contributed by atoms with Crippen molar-refractivity contribution in [3.05, 3.63) is 10.6 Å². The maximum atomic E-state index is 9.25. The number of aryl methyl sites for hydroxylation is 1. The van der Waals surface area contributed by atoms with Gasteiger partial charge in [-0.1, -0.05) is 18.3 Å². The number of piperazine rings is 1. The fourth-order valence-corrected chi connectivity index (χ4v) is 2.96. The van der Waals surface area contributed by atoms with Gasteiger partial charge in [-0.2, -0.15) is 0 Å². The molecule has 5 heteroatoms. The highest BCUT2D eigenvalue weighted by Gasteiger charge is 2.18. The maximum Gasteiger partial charge on any atom is 0.185 e. The van der Waals surface area contributed by atoms with Gasteiger partial charge in [0.1, 0.15) is 0 Å². The first-order chi connectivity index (χ1) is 7.74. The second-order valence-corrected chi connectivity index (χ2v) is 5.23. The Labute approximate surface area is 101 Å². The van der Waals surface area contributed by atoms with Crippen LogP contribution < -0.4 is 4.90 Å². The van der Waals surface area contributed by atoms with Crippen LogP contribution in [0.1, 0.15) is 17.5 Å². The number of rotatable bonds is 3. The molecule has 4 nitrogen and oxygen atoms in total. The molecular formula is C11H19N3OS. The number of hydrogen-bond donors (Lipinski definition) is 1. The molecule has 0 bridgehead atoms. The van der Waals surface area contributed by atoms with Crippen LogP contribution in [0.25, 0.3) is 0 Å². The number of aliphatic hydroxyl groups excluding tert-OH is 1. The average molecular weight is 241 g/mol. The lowest BCUT2D eigenvalue weighted by molar-refractivity contribution is 0.284. The van der Waals surface area contributed by atoms with Gasteiger partial charge in [0, 0.05) is 26.2 Å². The normalized spacial score (nSPS) is 18.1. The van der Waals surface area contributed by atoms with Crippen molar-refractivity contribution in [2.24, 2.45) is 0 Å². The number of nitrogens with zero attached hydrogens (tertiary/aromatic N) is 3. The third-order valence-electron chi connectivity index (χ3n) is 3.02. The summed E-state index contributed by atoms with van der Waals surface area (Å²) in [5.41, 5.74) is 1.06. The molecular weight excluding hydrogens is 222 g/mol. The lowest BCUT2D eigenvalue weighted by atomic mass is 10.3. The minimum Gasteiger partial charge on any atom is -0.391 e. The van der Waals surface area contributed by atoms with Gasteiger partial charge in [0.05, 0.1) is 17.2 Å². The van der Waals surface area contributed by atoms with E-state index in [4.69, 9.17) is 0 Å². The van der Waals surface area contributed by atoms with Crippen LogP contribution in [0.3, 0.4) is 0 Å². The Kier molecular flexibility index (Phi) is 3.78. The molecule has 1 fully saturated rings.